The summed E-state index contributed by atoms with van der Waals surface area (Å²) >= 11 is 10.9. The third-order valence-electron chi connectivity index (χ3n) is 2.37. The number of aryl methyl sites for hydroxylation is 1. The van der Waals surface area contributed by atoms with Crippen molar-refractivity contribution >= 4 is 34.8 Å². The lowest BCUT2D eigenvalue weighted by molar-refractivity contribution is -0.123. The summed E-state index contributed by atoms with van der Waals surface area (Å²) in [6, 6.07) is 5.19. The van der Waals surface area contributed by atoms with Crippen molar-refractivity contribution in [2.24, 2.45) is 0 Å². The topological polar surface area (TPSA) is 62.4 Å². The molecule has 0 aliphatic rings. The summed E-state index contributed by atoms with van der Waals surface area (Å²) < 4.78 is 5.35. The van der Waals surface area contributed by atoms with E-state index in [1.165, 1.54) is 0 Å². The van der Waals surface area contributed by atoms with Crippen molar-refractivity contribution in [3.63, 3.8) is 0 Å². The summed E-state index contributed by atoms with van der Waals surface area (Å²) in [4.78, 5) is 11.6. The van der Waals surface area contributed by atoms with Crippen LogP contribution in [-0.4, -0.2) is 24.2 Å². The number of amides is 1. The molecule has 0 unspecified atom stereocenters. The maximum Gasteiger partial charge on any atom is 0.276 e. The van der Waals surface area contributed by atoms with Crippen LogP contribution in [0.3, 0.4) is 0 Å². The molecule has 114 valence electrons. The lowest BCUT2D eigenvalue weighted by Gasteiger charge is -2.12. The third kappa shape index (κ3) is 6.97. The first-order chi connectivity index (χ1) is 9.88. The van der Waals surface area contributed by atoms with Gasteiger partial charge in [-0.3, -0.25) is 15.6 Å². The summed E-state index contributed by atoms with van der Waals surface area (Å²) in [5.74, 6) is 0.233. The minimum Gasteiger partial charge on any atom is -0.484 e. The van der Waals surface area contributed by atoms with Crippen LogP contribution < -0.4 is 20.9 Å². The molecule has 1 aromatic carbocycles. The Labute approximate surface area is 134 Å². The Kier molecular flexibility index (Phi) is 6.98. The van der Waals surface area contributed by atoms with Gasteiger partial charge in [0.05, 0.1) is 0 Å². The third-order valence-corrected chi connectivity index (χ3v) is 3.04. The second-order valence-corrected chi connectivity index (χ2v) is 5.33. The second kappa shape index (κ2) is 8.49. The van der Waals surface area contributed by atoms with Crippen LogP contribution in [0.25, 0.3) is 0 Å². The Bertz CT molecular complexity index is 549. The molecule has 5 nitrogen and oxygen atoms in total. The van der Waals surface area contributed by atoms with Gasteiger partial charge in [-0.2, -0.15) is 0 Å². The molecule has 1 aromatic rings. The molecule has 0 aliphatic carbocycles. The van der Waals surface area contributed by atoms with Crippen LogP contribution in [0, 0.1) is 6.92 Å². The van der Waals surface area contributed by atoms with Crippen LogP contribution in [0.5, 0.6) is 5.75 Å². The molecular formula is C14H18ClN3O2S. The van der Waals surface area contributed by atoms with E-state index in [-0.39, 0.29) is 12.5 Å². The molecule has 0 radical (unpaired) electrons. The lowest BCUT2D eigenvalue weighted by Crippen LogP contribution is -2.48. The maximum absolute atomic E-state index is 11.6. The molecule has 1 amide bonds. The van der Waals surface area contributed by atoms with E-state index in [9.17, 15) is 4.79 Å². The first-order valence-electron chi connectivity index (χ1n) is 6.24. The van der Waals surface area contributed by atoms with Crippen molar-refractivity contribution in [2.45, 2.75) is 13.8 Å². The van der Waals surface area contributed by atoms with Gasteiger partial charge < -0.3 is 10.1 Å². The highest BCUT2D eigenvalue weighted by molar-refractivity contribution is 7.80. The Morgan fingerprint density at radius 3 is 2.76 bits per heavy atom. The van der Waals surface area contributed by atoms with Crippen molar-refractivity contribution in [1.29, 1.82) is 0 Å². The van der Waals surface area contributed by atoms with Gasteiger partial charge in [0.2, 0.25) is 0 Å². The standard InChI is InChI=1S/C14H18ClN3O2S/c1-9(2)7-16-14(21)18-17-13(19)8-20-11-4-5-12(15)10(3)6-11/h4-6H,1,7-8H2,2-3H3,(H,17,19)(H2,16,18,21). The molecule has 21 heavy (non-hydrogen) atoms. The molecule has 0 spiro atoms. The molecule has 0 saturated carbocycles. The van der Waals surface area contributed by atoms with E-state index in [0.29, 0.717) is 22.4 Å². The highest BCUT2D eigenvalue weighted by atomic mass is 35.5. The van der Waals surface area contributed by atoms with Gasteiger partial charge in [0.15, 0.2) is 11.7 Å². The van der Waals surface area contributed by atoms with Crippen LogP contribution in [0.15, 0.2) is 30.4 Å². The van der Waals surface area contributed by atoms with Crippen molar-refractivity contribution < 1.29 is 9.53 Å². The highest BCUT2D eigenvalue weighted by Gasteiger charge is 2.04. The zero-order valence-electron chi connectivity index (χ0n) is 12.0. The molecule has 0 atom stereocenters. The fourth-order valence-electron chi connectivity index (χ4n) is 1.29. The zero-order valence-corrected chi connectivity index (χ0v) is 13.5. The van der Waals surface area contributed by atoms with Crippen LogP contribution in [0.1, 0.15) is 12.5 Å². The molecule has 3 N–H and O–H groups in total. The summed E-state index contributed by atoms with van der Waals surface area (Å²) in [7, 11) is 0. The van der Waals surface area contributed by atoms with Crippen LogP contribution in [0.2, 0.25) is 5.02 Å². The fourth-order valence-corrected chi connectivity index (χ4v) is 1.53. The normalized spacial score (nSPS) is 9.67. The SMILES string of the molecule is C=C(C)CNC(=S)NNC(=O)COc1ccc(Cl)c(C)c1. The van der Waals surface area contributed by atoms with Gasteiger partial charge in [-0.15, -0.1) is 0 Å². The molecule has 0 aromatic heterocycles. The number of hydrazine groups is 1. The van der Waals surface area contributed by atoms with Gasteiger partial charge in [-0.1, -0.05) is 23.8 Å². The minimum atomic E-state index is -0.345. The summed E-state index contributed by atoms with van der Waals surface area (Å²) in [6.07, 6.45) is 0. The zero-order chi connectivity index (χ0) is 15.8. The number of rotatable bonds is 5. The van der Waals surface area contributed by atoms with Crippen LogP contribution in [0.4, 0.5) is 0 Å². The Morgan fingerprint density at radius 1 is 1.43 bits per heavy atom. The van der Waals surface area contributed by atoms with Gasteiger partial charge >= 0.3 is 0 Å². The van der Waals surface area contributed by atoms with E-state index in [1.807, 2.05) is 13.8 Å². The van der Waals surface area contributed by atoms with Crippen molar-refractivity contribution in [1.82, 2.24) is 16.2 Å². The number of carbonyl (C=O) groups is 1. The van der Waals surface area contributed by atoms with Crippen LogP contribution >= 0.6 is 23.8 Å². The van der Waals surface area contributed by atoms with Crippen molar-refractivity contribution in [2.75, 3.05) is 13.2 Å². The number of hydrogen-bond donors (Lipinski definition) is 3. The lowest BCUT2D eigenvalue weighted by atomic mass is 10.2. The van der Waals surface area contributed by atoms with Crippen LogP contribution in [-0.2, 0) is 4.79 Å². The first kappa shape index (κ1) is 17.3. The van der Waals surface area contributed by atoms with E-state index in [0.717, 1.165) is 11.1 Å². The number of carbonyl (C=O) groups excluding carboxylic acids is 1. The molecule has 0 aliphatic heterocycles. The second-order valence-electron chi connectivity index (χ2n) is 4.51. The van der Waals surface area contributed by atoms with E-state index >= 15 is 0 Å². The summed E-state index contributed by atoms with van der Waals surface area (Å²) in [5.41, 5.74) is 6.83. The minimum absolute atomic E-state index is 0.128. The highest BCUT2D eigenvalue weighted by Crippen LogP contribution is 2.20. The van der Waals surface area contributed by atoms with Gasteiger partial charge in [0.1, 0.15) is 5.75 Å². The largest absolute Gasteiger partial charge is 0.484 e. The van der Waals surface area contributed by atoms with Gasteiger partial charge in [-0.25, -0.2) is 0 Å². The number of ether oxygens (including phenoxy) is 1. The maximum atomic E-state index is 11.6. The van der Waals surface area contributed by atoms with E-state index in [4.69, 9.17) is 28.6 Å². The molecule has 7 heteroatoms. The van der Waals surface area contributed by atoms with E-state index < -0.39 is 0 Å². The first-order valence-corrected chi connectivity index (χ1v) is 7.03. The van der Waals surface area contributed by atoms with E-state index in [2.05, 4.69) is 22.7 Å². The van der Waals surface area contributed by atoms with Crippen molar-refractivity contribution in [3.8, 4) is 5.75 Å². The molecule has 0 saturated heterocycles. The smallest absolute Gasteiger partial charge is 0.276 e. The summed E-state index contributed by atoms with van der Waals surface area (Å²) in [6.45, 7) is 7.88. The molecular weight excluding hydrogens is 310 g/mol. The number of nitrogens with one attached hydrogen (secondary N) is 3. The summed E-state index contributed by atoms with van der Waals surface area (Å²) in [5, 5.41) is 3.84. The Hall–Kier alpha value is -1.79. The predicted octanol–water partition coefficient (Wildman–Crippen LogP) is 2.10. The number of hydrogen-bond acceptors (Lipinski definition) is 3. The number of halogens is 1. The van der Waals surface area contributed by atoms with Gasteiger partial charge in [0.25, 0.3) is 5.91 Å². The average Bonchev–Trinajstić information content (AvgIpc) is 2.44. The molecule has 0 bridgehead atoms. The van der Waals surface area contributed by atoms with E-state index in [1.54, 1.807) is 18.2 Å². The molecule has 0 fully saturated rings. The Balaban J connectivity index is 2.29. The average molecular weight is 328 g/mol. The number of thiocarbonyl (C=S) groups is 1. The predicted molar refractivity (Wildman–Crippen MR) is 88.4 cm³/mol. The molecule has 1 rings (SSSR count). The molecule has 0 heterocycles. The van der Waals surface area contributed by atoms with Gasteiger partial charge in [-0.05, 0) is 49.8 Å². The van der Waals surface area contributed by atoms with Crippen molar-refractivity contribution in [3.05, 3.63) is 40.9 Å². The quantitative estimate of drug-likeness (QED) is 0.439. The fraction of sp³-hybridized carbons (Fsp3) is 0.286. The Morgan fingerprint density at radius 2 is 2.14 bits per heavy atom. The monoisotopic (exact) mass is 327 g/mol. The van der Waals surface area contributed by atoms with Gasteiger partial charge in [0, 0.05) is 11.6 Å². The number of benzene rings is 1.